The van der Waals surface area contributed by atoms with Crippen LogP contribution in [0.2, 0.25) is 10.0 Å². The van der Waals surface area contributed by atoms with Crippen molar-refractivity contribution in [1.82, 2.24) is 5.32 Å². The smallest absolute Gasteiger partial charge is 0.251 e. The van der Waals surface area contributed by atoms with E-state index < -0.39 is 0 Å². The van der Waals surface area contributed by atoms with Crippen molar-refractivity contribution in [3.63, 3.8) is 0 Å². The van der Waals surface area contributed by atoms with E-state index in [1.165, 1.54) is 6.42 Å². The third-order valence-electron chi connectivity index (χ3n) is 3.15. The number of benzene rings is 1. The number of hydrogen-bond acceptors (Lipinski definition) is 1. The van der Waals surface area contributed by atoms with Gasteiger partial charge in [-0.05, 0) is 43.4 Å². The molecule has 2 atom stereocenters. The fourth-order valence-electron chi connectivity index (χ4n) is 2.29. The van der Waals surface area contributed by atoms with E-state index in [4.69, 9.17) is 23.2 Å². The fourth-order valence-corrected chi connectivity index (χ4v) is 2.82. The van der Waals surface area contributed by atoms with E-state index in [1.807, 2.05) is 0 Å². The zero-order chi connectivity index (χ0) is 12.4. The molecule has 92 valence electrons. The van der Waals surface area contributed by atoms with Crippen LogP contribution >= 0.6 is 23.2 Å². The lowest BCUT2D eigenvalue weighted by Gasteiger charge is -2.12. The lowest BCUT2D eigenvalue weighted by Crippen LogP contribution is -2.32. The fraction of sp³-hybridized carbons (Fsp3) is 0.462. The van der Waals surface area contributed by atoms with Gasteiger partial charge in [0.25, 0.3) is 5.91 Å². The monoisotopic (exact) mass is 271 g/mol. The number of amides is 1. The highest BCUT2D eigenvalue weighted by Gasteiger charge is 2.23. The standard InChI is InChI=1S/C13H15Cl2NO/c1-8-2-3-12(4-8)16-13(17)9-5-10(14)7-11(15)6-9/h5-8,12H,2-4H2,1H3,(H,16,17). The van der Waals surface area contributed by atoms with Crippen LogP contribution in [0, 0.1) is 5.92 Å². The predicted octanol–water partition coefficient (Wildman–Crippen LogP) is 3.91. The molecule has 0 radical (unpaired) electrons. The molecule has 0 heterocycles. The van der Waals surface area contributed by atoms with Gasteiger partial charge < -0.3 is 5.32 Å². The summed E-state index contributed by atoms with van der Waals surface area (Å²) in [7, 11) is 0. The Balaban J connectivity index is 2.04. The van der Waals surface area contributed by atoms with Crippen molar-refractivity contribution in [2.75, 3.05) is 0 Å². The van der Waals surface area contributed by atoms with Crippen LogP contribution in [0.1, 0.15) is 36.5 Å². The number of hydrogen-bond donors (Lipinski definition) is 1. The molecule has 1 aromatic rings. The Hall–Kier alpha value is -0.730. The molecule has 1 fully saturated rings. The first-order chi connectivity index (χ1) is 8.04. The van der Waals surface area contributed by atoms with Gasteiger partial charge >= 0.3 is 0 Å². The lowest BCUT2D eigenvalue weighted by atomic mass is 10.1. The molecule has 1 amide bonds. The van der Waals surface area contributed by atoms with Crippen molar-refractivity contribution >= 4 is 29.1 Å². The third kappa shape index (κ3) is 3.36. The van der Waals surface area contributed by atoms with Crippen LogP contribution < -0.4 is 5.32 Å². The molecule has 0 saturated heterocycles. The Morgan fingerprint density at radius 2 is 1.88 bits per heavy atom. The molecule has 0 aliphatic heterocycles. The zero-order valence-corrected chi connectivity index (χ0v) is 11.2. The molecular weight excluding hydrogens is 257 g/mol. The van der Waals surface area contributed by atoms with Crippen LogP contribution in [0.4, 0.5) is 0 Å². The van der Waals surface area contributed by atoms with Crippen LogP contribution in [-0.4, -0.2) is 11.9 Å². The zero-order valence-electron chi connectivity index (χ0n) is 9.67. The first-order valence-corrected chi connectivity index (χ1v) is 6.57. The van der Waals surface area contributed by atoms with Crippen LogP contribution in [0.5, 0.6) is 0 Å². The van der Waals surface area contributed by atoms with E-state index in [0.717, 1.165) is 12.8 Å². The summed E-state index contributed by atoms with van der Waals surface area (Å²) in [6, 6.07) is 5.19. The van der Waals surface area contributed by atoms with Crippen molar-refractivity contribution in [2.24, 2.45) is 5.92 Å². The highest BCUT2D eigenvalue weighted by Crippen LogP contribution is 2.25. The first-order valence-electron chi connectivity index (χ1n) is 5.81. The molecular formula is C13H15Cl2NO. The van der Waals surface area contributed by atoms with Crippen LogP contribution in [0.3, 0.4) is 0 Å². The van der Waals surface area contributed by atoms with Gasteiger partial charge in [-0.25, -0.2) is 0 Å². The van der Waals surface area contributed by atoms with Crippen LogP contribution in [-0.2, 0) is 0 Å². The summed E-state index contributed by atoms with van der Waals surface area (Å²) in [5.74, 6) is 0.608. The minimum Gasteiger partial charge on any atom is -0.349 e. The Kier molecular flexibility index (Phi) is 3.95. The summed E-state index contributed by atoms with van der Waals surface area (Å²) in [4.78, 5) is 12.0. The highest BCUT2D eigenvalue weighted by molar-refractivity contribution is 6.35. The molecule has 4 heteroatoms. The van der Waals surface area contributed by atoms with E-state index in [2.05, 4.69) is 12.2 Å². The first kappa shape index (κ1) is 12.7. The minimum atomic E-state index is -0.0894. The molecule has 17 heavy (non-hydrogen) atoms. The average Bonchev–Trinajstić information content (AvgIpc) is 2.62. The summed E-state index contributed by atoms with van der Waals surface area (Å²) in [5.41, 5.74) is 0.530. The summed E-state index contributed by atoms with van der Waals surface area (Å²) >= 11 is 11.7. The second kappa shape index (κ2) is 5.28. The molecule has 1 aliphatic rings. The maximum Gasteiger partial charge on any atom is 0.251 e. The SMILES string of the molecule is CC1CCC(NC(=O)c2cc(Cl)cc(Cl)c2)C1. The minimum absolute atomic E-state index is 0.0894. The molecule has 1 N–H and O–H groups in total. The maximum atomic E-state index is 12.0. The second-order valence-electron chi connectivity index (χ2n) is 4.75. The predicted molar refractivity (Wildman–Crippen MR) is 70.7 cm³/mol. The van der Waals surface area contributed by atoms with E-state index >= 15 is 0 Å². The van der Waals surface area contributed by atoms with Crippen molar-refractivity contribution < 1.29 is 4.79 Å². The molecule has 1 saturated carbocycles. The highest BCUT2D eigenvalue weighted by atomic mass is 35.5. The van der Waals surface area contributed by atoms with E-state index in [0.29, 0.717) is 21.5 Å². The van der Waals surface area contributed by atoms with Crippen molar-refractivity contribution in [1.29, 1.82) is 0 Å². The van der Waals surface area contributed by atoms with Crippen molar-refractivity contribution in [3.8, 4) is 0 Å². The Bertz CT molecular complexity index is 413. The molecule has 1 aliphatic carbocycles. The molecule has 1 aromatic carbocycles. The Morgan fingerprint density at radius 3 is 2.41 bits per heavy atom. The van der Waals surface area contributed by atoms with E-state index in [1.54, 1.807) is 18.2 Å². The van der Waals surface area contributed by atoms with Gasteiger partial charge in [0.05, 0.1) is 0 Å². The lowest BCUT2D eigenvalue weighted by molar-refractivity contribution is 0.0937. The topological polar surface area (TPSA) is 29.1 Å². The number of carbonyl (C=O) groups is 1. The average molecular weight is 272 g/mol. The molecule has 2 rings (SSSR count). The number of halogens is 2. The molecule has 2 nitrogen and oxygen atoms in total. The summed E-state index contributed by atoms with van der Waals surface area (Å²) < 4.78 is 0. The molecule has 0 bridgehead atoms. The maximum absolute atomic E-state index is 12.0. The quantitative estimate of drug-likeness (QED) is 0.868. The molecule has 0 aromatic heterocycles. The Labute approximate surface area is 111 Å². The largest absolute Gasteiger partial charge is 0.349 e. The number of rotatable bonds is 2. The molecule has 2 unspecified atom stereocenters. The van der Waals surface area contributed by atoms with Gasteiger partial charge in [0.1, 0.15) is 0 Å². The van der Waals surface area contributed by atoms with Gasteiger partial charge in [-0.2, -0.15) is 0 Å². The van der Waals surface area contributed by atoms with E-state index in [9.17, 15) is 4.79 Å². The van der Waals surface area contributed by atoms with Crippen LogP contribution in [0.25, 0.3) is 0 Å². The number of carbonyl (C=O) groups excluding carboxylic acids is 1. The number of nitrogens with one attached hydrogen (secondary N) is 1. The van der Waals surface area contributed by atoms with Crippen molar-refractivity contribution in [3.05, 3.63) is 33.8 Å². The van der Waals surface area contributed by atoms with Gasteiger partial charge in [-0.15, -0.1) is 0 Å². The Morgan fingerprint density at radius 1 is 1.24 bits per heavy atom. The van der Waals surface area contributed by atoms with Crippen molar-refractivity contribution in [2.45, 2.75) is 32.2 Å². The van der Waals surface area contributed by atoms with Crippen LogP contribution in [0.15, 0.2) is 18.2 Å². The molecule has 0 spiro atoms. The normalized spacial score (nSPS) is 23.7. The third-order valence-corrected chi connectivity index (χ3v) is 3.59. The summed E-state index contributed by atoms with van der Waals surface area (Å²) in [6.45, 7) is 2.21. The van der Waals surface area contributed by atoms with Gasteiger partial charge in [-0.1, -0.05) is 30.1 Å². The summed E-state index contributed by atoms with van der Waals surface area (Å²) in [5, 5.41) is 4.00. The van der Waals surface area contributed by atoms with Gasteiger partial charge in [0, 0.05) is 21.7 Å². The summed E-state index contributed by atoms with van der Waals surface area (Å²) in [6.07, 6.45) is 3.29. The van der Waals surface area contributed by atoms with E-state index in [-0.39, 0.29) is 11.9 Å². The van der Waals surface area contributed by atoms with Gasteiger partial charge in [0.15, 0.2) is 0 Å². The van der Waals surface area contributed by atoms with Gasteiger partial charge in [-0.3, -0.25) is 4.79 Å². The van der Waals surface area contributed by atoms with Gasteiger partial charge in [0.2, 0.25) is 0 Å². The second-order valence-corrected chi connectivity index (χ2v) is 5.62.